The van der Waals surface area contributed by atoms with Gasteiger partial charge in [-0.3, -0.25) is 0 Å². The lowest BCUT2D eigenvalue weighted by Gasteiger charge is -2.23. The summed E-state index contributed by atoms with van der Waals surface area (Å²) >= 11 is 9.43. The Hall–Kier alpha value is -0.400. The molecule has 22 heavy (non-hydrogen) atoms. The fraction of sp³-hybridized carbons (Fsp3) is 0.200. The number of benzene rings is 2. The molecule has 2 aromatic rings. The van der Waals surface area contributed by atoms with Crippen molar-refractivity contribution in [1.29, 1.82) is 0 Å². The second-order valence-electron chi connectivity index (χ2n) is 4.65. The van der Waals surface area contributed by atoms with E-state index in [1.54, 1.807) is 0 Å². The van der Waals surface area contributed by atoms with Gasteiger partial charge in [-0.2, -0.15) is 13.2 Å². The highest BCUT2D eigenvalue weighted by Crippen LogP contribution is 2.46. The Balaban J connectivity index is 2.42. The molecular formula is C15H9Br3F4. The molecule has 0 saturated carbocycles. The SMILES string of the molecule is Fc1c(C(Br)(Br)Cc2ccccc2)ccc(C(F)(F)F)c1Br. The van der Waals surface area contributed by atoms with Crippen LogP contribution in [0.3, 0.4) is 0 Å². The molecule has 0 heterocycles. The molecule has 0 atom stereocenters. The zero-order chi connectivity index (χ0) is 16.5. The predicted octanol–water partition coefficient (Wildman–Crippen LogP) is 6.79. The maximum Gasteiger partial charge on any atom is 0.417 e. The Labute approximate surface area is 150 Å². The van der Waals surface area contributed by atoms with Gasteiger partial charge in [-0.05, 0) is 27.6 Å². The molecule has 118 valence electrons. The van der Waals surface area contributed by atoms with Gasteiger partial charge < -0.3 is 0 Å². The summed E-state index contributed by atoms with van der Waals surface area (Å²) in [6, 6.07) is 11.2. The number of rotatable bonds is 3. The Morgan fingerprint density at radius 3 is 1.95 bits per heavy atom. The lowest BCUT2D eigenvalue weighted by atomic mass is 10.0. The first kappa shape index (κ1) is 17.9. The zero-order valence-corrected chi connectivity index (χ0v) is 15.7. The summed E-state index contributed by atoms with van der Waals surface area (Å²) < 4.78 is 51.1. The van der Waals surface area contributed by atoms with Gasteiger partial charge in [0.25, 0.3) is 0 Å². The summed E-state index contributed by atoms with van der Waals surface area (Å²) in [6.07, 6.45) is -4.25. The molecule has 0 aliphatic rings. The lowest BCUT2D eigenvalue weighted by molar-refractivity contribution is -0.138. The van der Waals surface area contributed by atoms with Gasteiger partial charge in [0.15, 0.2) is 0 Å². The molecule has 0 N–H and O–H groups in total. The summed E-state index contributed by atoms with van der Waals surface area (Å²) in [4.78, 5) is 0. The maximum absolute atomic E-state index is 14.4. The van der Waals surface area contributed by atoms with Crippen molar-refractivity contribution in [3.63, 3.8) is 0 Å². The van der Waals surface area contributed by atoms with E-state index in [0.717, 1.165) is 17.7 Å². The van der Waals surface area contributed by atoms with Gasteiger partial charge in [0.1, 0.15) is 9.05 Å². The van der Waals surface area contributed by atoms with Gasteiger partial charge in [-0.15, -0.1) is 0 Å². The normalized spacial score (nSPS) is 12.5. The van der Waals surface area contributed by atoms with Crippen molar-refractivity contribution >= 4 is 47.8 Å². The maximum atomic E-state index is 14.4. The van der Waals surface area contributed by atoms with Crippen LogP contribution in [0.25, 0.3) is 0 Å². The quantitative estimate of drug-likeness (QED) is 0.319. The molecule has 2 aromatic carbocycles. The minimum Gasteiger partial charge on any atom is -0.205 e. The molecule has 2 rings (SSSR count). The Morgan fingerprint density at radius 1 is 0.864 bits per heavy atom. The van der Waals surface area contributed by atoms with Crippen molar-refractivity contribution in [3.05, 3.63) is 69.4 Å². The first-order chi connectivity index (χ1) is 10.1. The Bertz CT molecular complexity index is 666. The number of halogens is 7. The van der Waals surface area contributed by atoms with E-state index in [2.05, 4.69) is 47.8 Å². The van der Waals surface area contributed by atoms with E-state index in [9.17, 15) is 17.6 Å². The van der Waals surface area contributed by atoms with Crippen molar-refractivity contribution in [1.82, 2.24) is 0 Å². The van der Waals surface area contributed by atoms with E-state index in [4.69, 9.17) is 0 Å². The molecule has 0 unspecified atom stereocenters. The largest absolute Gasteiger partial charge is 0.417 e. The second kappa shape index (κ2) is 6.61. The first-order valence-electron chi connectivity index (χ1n) is 6.10. The topological polar surface area (TPSA) is 0 Å². The van der Waals surface area contributed by atoms with Crippen LogP contribution in [0.1, 0.15) is 16.7 Å². The van der Waals surface area contributed by atoms with Gasteiger partial charge in [-0.25, -0.2) is 4.39 Å². The summed E-state index contributed by atoms with van der Waals surface area (Å²) in [5.74, 6) is -0.945. The third-order valence-corrected chi connectivity index (χ3v) is 5.24. The summed E-state index contributed by atoms with van der Waals surface area (Å²) in [5.41, 5.74) is -0.0350. The fourth-order valence-corrected chi connectivity index (χ4v) is 3.83. The number of hydrogen-bond acceptors (Lipinski definition) is 0. The molecule has 0 amide bonds. The van der Waals surface area contributed by atoms with E-state index >= 15 is 0 Å². The number of hydrogen-bond donors (Lipinski definition) is 0. The van der Waals surface area contributed by atoms with Gasteiger partial charge >= 0.3 is 6.18 Å². The van der Waals surface area contributed by atoms with E-state index in [-0.39, 0.29) is 5.56 Å². The molecular weight excluding hydrogens is 496 g/mol. The molecule has 0 aromatic heterocycles. The monoisotopic (exact) mass is 502 g/mol. The van der Waals surface area contributed by atoms with Crippen molar-refractivity contribution < 1.29 is 17.6 Å². The predicted molar refractivity (Wildman–Crippen MR) is 88.8 cm³/mol. The van der Waals surface area contributed by atoms with E-state index in [1.165, 1.54) is 0 Å². The minimum atomic E-state index is -4.61. The van der Waals surface area contributed by atoms with Gasteiger partial charge in [0.2, 0.25) is 0 Å². The highest BCUT2D eigenvalue weighted by molar-refractivity contribution is 9.24. The molecule has 0 saturated heterocycles. The molecule has 0 aliphatic carbocycles. The third-order valence-electron chi connectivity index (χ3n) is 3.05. The average molecular weight is 505 g/mol. The van der Waals surface area contributed by atoms with Crippen LogP contribution in [0, 0.1) is 5.82 Å². The van der Waals surface area contributed by atoms with Crippen molar-refractivity contribution in [2.24, 2.45) is 0 Å². The van der Waals surface area contributed by atoms with Crippen molar-refractivity contribution in [2.45, 2.75) is 15.8 Å². The van der Waals surface area contributed by atoms with E-state index in [0.29, 0.717) is 6.42 Å². The smallest absolute Gasteiger partial charge is 0.205 e. The standard InChI is InChI=1S/C15H9Br3F4/c16-12-10(15(20,21)22)6-7-11(13(12)19)14(17,18)8-9-4-2-1-3-5-9/h1-7H,8H2. The highest BCUT2D eigenvalue weighted by Gasteiger charge is 2.37. The number of alkyl halides is 5. The van der Waals surface area contributed by atoms with Crippen molar-refractivity contribution in [3.8, 4) is 0 Å². The summed E-state index contributed by atoms with van der Waals surface area (Å²) in [6.45, 7) is 0. The third kappa shape index (κ3) is 3.92. The van der Waals surface area contributed by atoms with Gasteiger partial charge in [0.05, 0.1) is 10.0 Å². The van der Waals surface area contributed by atoms with E-state index in [1.807, 2.05) is 30.3 Å². The van der Waals surface area contributed by atoms with E-state index < -0.39 is 25.3 Å². The zero-order valence-electron chi connectivity index (χ0n) is 10.9. The highest BCUT2D eigenvalue weighted by atomic mass is 79.9. The average Bonchev–Trinajstić information content (AvgIpc) is 2.40. The summed E-state index contributed by atoms with van der Waals surface area (Å²) in [5, 5.41) is 0. The Morgan fingerprint density at radius 2 is 1.41 bits per heavy atom. The van der Waals surface area contributed by atoms with Crippen LogP contribution in [0.15, 0.2) is 46.9 Å². The van der Waals surface area contributed by atoms with Crippen LogP contribution in [-0.2, 0) is 15.8 Å². The van der Waals surface area contributed by atoms with Crippen LogP contribution in [0.5, 0.6) is 0 Å². The lowest BCUT2D eigenvalue weighted by Crippen LogP contribution is -2.17. The molecule has 0 radical (unpaired) electrons. The fourth-order valence-electron chi connectivity index (χ4n) is 2.00. The Kier molecular flexibility index (Phi) is 5.39. The summed E-state index contributed by atoms with van der Waals surface area (Å²) in [7, 11) is 0. The van der Waals surface area contributed by atoms with Crippen LogP contribution in [-0.4, -0.2) is 0 Å². The molecule has 0 nitrogen and oxygen atoms in total. The molecule has 7 heteroatoms. The first-order valence-corrected chi connectivity index (χ1v) is 8.48. The molecule has 0 spiro atoms. The molecule has 0 bridgehead atoms. The minimum absolute atomic E-state index is 0.0937. The molecule has 0 fully saturated rings. The van der Waals surface area contributed by atoms with Gasteiger partial charge in [0, 0.05) is 12.0 Å². The van der Waals surface area contributed by atoms with Crippen LogP contribution >= 0.6 is 47.8 Å². The second-order valence-corrected chi connectivity index (χ2v) is 9.22. The van der Waals surface area contributed by atoms with Crippen LogP contribution in [0.4, 0.5) is 17.6 Å². The van der Waals surface area contributed by atoms with Crippen LogP contribution in [0.2, 0.25) is 0 Å². The van der Waals surface area contributed by atoms with Crippen molar-refractivity contribution in [2.75, 3.05) is 0 Å². The molecule has 0 aliphatic heterocycles. The van der Waals surface area contributed by atoms with Crippen LogP contribution < -0.4 is 0 Å². The van der Waals surface area contributed by atoms with Gasteiger partial charge in [-0.1, -0.05) is 68.3 Å².